The van der Waals surface area contributed by atoms with E-state index in [0.717, 1.165) is 95.3 Å². The van der Waals surface area contributed by atoms with Gasteiger partial charge in [-0.15, -0.1) is 0 Å². The topological polar surface area (TPSA) is 173 Å². The van der Waals surface area contributed by atoms with E-state index in [-0.39, 0.29) is 22.3 Å². The van der Waals surface area contributed by atoms with E-state index >= 15 is 0 Å². The molecule has 0 bridgehead atoms. The number of imidazole rings is 1. The highest BCUT2D eigenvalue weighted by Gasteiger charge is 2.37. The summed E-state index contributed by atoms with van der Waals surface area (Å²) in [6.45, 7) is 4.52. The van der Waals surface area contributed by atoms with Gasteiger partial charge in [0.05, 0.1) is 34.7 Å². The molecule has 0 saturated carbocycles. The molecule has 0 radical (unpaired) electrons. The largest absolute Gasteiger partial charge is 0.507 e. The number of hydrogen-bond donors (Lipinski definition) is 3. The summed E-state index contributed by atoms with van der Waals surface area (Å²) in [5.41, 5.74) is 12.2. The van der Waals surface area contributed by atoms with E-state index in [1.165, 1.54) is 12.7 Å². The number of rotatable bonds is 9. The molecule has 13 heteroatoms. The summed E-state index contributed by atoms with van der Waals surface area (Å²) in [6.07, 6.45) is 0. The Morgan fingerprint density at radius 1 is 0.614 bits per heavy atom. The summed E-state index contributed by atoms with van der Waals surface area (Å²) in [5.74, 6) is 0.906. The summed E-state index contributed by atoms with van der Waals surface area (Å²) >= 11 is 0. The molecule has 11 aromatic rings. The zero-order chi connectivity index (χ0) is 48.1. The molecule has 340 valence electrons. The summed E-state index contributed by atoms with van der Waals surface area (Å²) in [5, 5.41) is 12.7. The summed E-state index contributed by atoms with van der Waals surface area (Å²) in [4.78, 5) is 37.0. The lowest BCUT2D eigenvalue weighted by atomic mass is 9.82. The second kappa shape index (κ2) is 15.9. The Kier molecular flexibility index (Phi) is 9.67. The predicted octanol–water partition coefficient (Wildman–Crippen LogP) is 12.0. The number of hydrogen-bond acceptors (Lipinski definition) is 9. The van der Waals surface area contributed by atoms with Crippen LogP contribution in [0.3, 0.4) is 0 Å². The fourth-order valence-electron chi connectivity index (χ4n) is 9.85. The number of ether oxygens (including phenoxy) is 1. The lowest BCUT2D eigenvalue weighted by Crippen LogP contribution is -2.15. The Morgan fingerprint density at radius 3 is 1.91 bits per heavy atom. The number of carbonyl (C=O) groups is 1. The van der Waals surface area contributed by atoms with Crippen molar-refractivity contribution in [3.63, 3.8) is 0 Å². The van der Waals surface area contributed by atoms with Crippen molar-refractivity contribution in [3.05, 3.63) is 192 Å². The molecule has 12 nitrogen and oxygen atoms in total. The first-order valence-corrected chi connectivity index (χ1v) is 23.9. The molecule has 12 rings (SSSR count). The Balaban J connectivity index is 1.04. The molecule has 3 N–H and O–H groups in total. The Hall–Kier alpha value is -8.78. The number of H-pyrrole nitrogens is 1. The van der Waals surface area contributed by atoms with Crippen LogP contribution in [0.5, 0.6) is 11.5 Å². The van der Waals surface area contributed by atoms with Crippen molar-refractivity contribution < 1.29 is 27.6 Å². The molecule has 0 saturated heterocycles. The molecule has 3 heterocycles. The quantitative estimate of drug-likeness (QED) is 0.0933. The SMILES string of the molecule is COc1cc(O)c(C(=O)c2ccc(-c3ccc4c(c3)c3cc5c(cc3n4-c3nc(-c4ccccc4)nc(-c4ccccc4)n3)C(C)(C)c3ccc(-c4nc6ccccc6[nH]4)cc3-5)cc2)cc1S(=O)(=O)O. The standard InChI is InChI=1S/C57H40N6O6S/c1-57(2)43-24-22-37(55-58-45-16-10-11-17-46(45)59-55)27-38(43)39-28-41-40-26-36(32-18-20-33(21-19-32)52(65)42-29-51(70(66,67)68)50(69-3)31-49(42)64)23-25-47(40)63(48(41)30-44(39)57)56-61-53(34-12-6-4-7-13-34)60-54(62-56)35-14-8-5-9-15-35/h4-31,64H,1-3H3,(H,58,59)(H,66,67,68). The molecular formula is C57H40N6O6S. The highest BCUT2D eigenvalue weighted by molar-refractivity contribution is 7.86. The van der Waals surface area contributed by atoms with Gasteiger partial charge in [-0.05, 0) is 81.9 Å². The molecule has 0 spiro atoms. The van der Waals surface area contributed by atoms with Gasteiger partial charge in [-0.3, -0.25) is 13.9 Å². The van der Waals surface area contributed by atoms with Gasteiger partial charge in [-0.25, -0.2) is 9.97 Å². The van der Waals surface area contributed by atoms with Crippen LogP contribution in [-0.2, 0) is 15.5 Å². The first kappa shape index (κ1) is 42.6. The Labute approximate surface area is 401 Å². The number of aromatic amines is 1. The zero-order valence-corrected chi connectivity index (χ0v) is 38.7. The van der Waals surface area contributed by atoms with E-state index in [1.54, 1.807) is 24.3 Å². The smallest absolute Gasteiger partial charge is 0.298 e. The van der Waals surface area contributed by atoms with Gasteiger partial charge in [-0.2, -0.15) is 18.4 Å². The van der Waals surface area contributed by atoms with Gasteiger partial charge < -0.3 is 14.8 Å². The van der Waals surface area contributed by atoms with Gasteiger partial charge in [0, 0.05) is 44.5 Å². The maximum Gasteiger partial charge on any atom is 0.298 e. The number of methoxy groups -OCH3 is 1. The maximum atomic E-state index is 13.7. The number of aromatic nitrogens is 6. The van der Waals surface area contributed by atoms with Crippen LogP contribution in [0.1, 0.15) is 40.9 Å². The van der Waals surface area contributed by atoms with E-state index in [4.69, 9.17) is 24.7 Å². The number of phenolic OH excluding ortho intramolecular Hbond substituents is 1. The number of benzene rings is 8. The van der Waals surface area contributed by atoms with Crippen LogP contribution in [0.2, 0.25) is 0 Å². The van der Waals surface area contributed by atoms with Gasteiger partial charge >= 0.3 is 0 Å². The van der Waals surface area contributed by atoms with Crippen LogP contribution >= 0.6 is 0 Å². The highest BCUT2D eigenvalue weighted by Crippen LogP contribution is 2.52. The first-order valence-electron chi connectivity index (χ1n) is 22.5. The number of nitrogens with zero attached hydrogens (tertiary/aromatic N) is 5. The summed E-state index contributed by atoms with van der Waals surface area (Å²) < 4.78 is 41.3. The molecule has 8 aromatic carbocycles. The van der Waals surface area contributed by atoms with Crippen molar-refractivity contribution in [1.29, 1.82) is 0 Å². The van der Waals surface area contributed by atoms with Crippen molar-refractivity contribution >= 4 is 48.7 Å². The van der Waals surface area contributed by atoms with Crippen LogP contribution in [-0.4, -0.2) is 60.5 Å². The number of fused-ring (bicyclic) bond motifs is 7. The van der Waals surface area contributed by atoms with E-state index < -0.39 is 26.5 Å². The molecule has 0 amide bonds. The normalized spacial score (nSPS) is 12.9. The number of carbonyl (C=O) groups excluding carboxylic acids is 1. The molecule has 70 heavy (non-hydrogen) atoms. The first-order chi connectivity index (χ1) is 33.8. The maximum absolute atomic E-state index is 13.7. The number of aromatic hydroxyl groups is 1. The van der Waals surface area contributed by atoms with Crippen LogP contribution < -0.4 is 4.74 Å². The molecular weight excluding hydrogens is 897 g/mol. The Morgan fingerprint density at radius 2 is 1.24 bits per heavy atom. The van der Waals surface area contributed by atoms with E-state index in [9.17, 15) is 22.9 Å². The number of para-hydroxylation sites is 2. The average Bonchev–Trinajstić information content (AvgIpc) is 4.03. The zero-order valence-electron chi connectivity index (χ0n) is 37.8. The van der Waals surface area contributed by atoms with Crippen LogP contribution in [0.15, 0.2) is 175 Å². The lowest BCUT2D eigenvalue weighted by molar-refractivity contribution is 0.103. The third-order valence-electron chi connectivity index (χ3n) is 13.4. The van der Waals surface area contributed by atoms with Crippen molar-refractivity contribution in [2.45, 2.75) is 24.2 Å². The molecule has 1 aliphatic rings. The van der Waals surface area contributed by atoms with Crippen molar-refractivity contribution in [2.24, 2.45) is 0 Å². The van der Waals surface area contributed by atoms with Gasteiger partial charge in [0.25, 0.3) is 10.1 Å². The minimum absolute atomic E-state index is 0.195. The fraction of sp³-hybridized carbons (Fsp3) is 0.0702. The van der Waals surface area contributed by atoms with Crippen LogP contribution in [0, 0.1) is 0 Å². The van der Waals surface area contributed by atoms with Gasteiger partial charge in [-0.1, -0.05) is 129 Å². The molecule has 0 unspecified atom stereocenters. The van der Waals surface area contributed by atoms with Gasteiger partial charge in [0.15, 0.2) is 17.4 Å². The minimum atomic E-state index is -4.77. The Bertz CT molecular complexity index is 3980. The van der Waals surface area contributed by atoms with Crippen molar-refractivity contribution in [1.82, 2.24) is 29.5 Å². The fourth-order valence-corrected chi connectivity index (χ4v) is 10.5. The van der Waals surface area contributed by atoms with E-state index in [1.807, 2.05) is 91.0 Å². The minimum Gasteiger partial charge on any atom is -0.507 e. The van der Waals surface area contributed by atoms with Crippen LogP contribution in [0.4, 0.5) is 0 Å². The molecule has 0 fully saturated rings. The van der Waals surface area contributed by atoms with Crippen molar-refractivity contribution in [2.75, 3.05) is 7.11 Å². The molecule has 0 atom stereocenters. The lowest BCUT2D eigenvalue weighted by Gasteiger charge is -2.22. The van der Waals surface area contributed by atoms with E-state index in [0.29, 0.717) is 17.6 Å². The predicted molar refractivity (Wildman–Crippen MR) is 271 cm³/mol. The van der Waals surface area contributed by atoms with Gasteiger partial charge in [0.1, 0.15) is 22.2 Å². The van der Waals surface area contributed by atoms with Gasteiger partial charge in [0.2, 0.25) is 5.95 Å². The molecule has 1 aliphatic carbocycles. The number of phenols is 1. The average molecular weight is 937 g/mol. The third-order valence-corrected chi connectivity index (χ3v) is 14.3. The second-order valence-corrected chi connectivity index (χ2v) is 19.3. The van der Waals surface area contributed by atoms with Crippen LogP contribution in [0.25, 0.3) is 95.2 Å². The third kappa shape index (κ3) is 6.93. The highest BCUT2D eigenvalue weighted by atomic mass is 32.2. The molecule has 3 aromatic heterocycles. The second-order valence-electron chi connectivity index (χ2n) is 17.9. The summed E-state index contributed by atoms with van der Waals surface area (Å²) in [6, 6.07) is 53.9. The summed E-state index contributed by atoms with van der Waals surface area (Å²) in [7, 11) is -3.57. The molecule has 0 aliphatic heterocycles. The number of ketones is 1. The van der Waals surface area contributed by atoms with E-state index in [2.05, 4.69) is 65.9 Å². The van der Waals surface area contributed by atoms with Crippen molar-refractivity contribution in [3.8, 4) is 73.9 Å². The number of nitrogens with one attached hydrogen (secondary N) is 1. The monoisotopic (exact) mass is 936 g/mol.